The van der Waals surface area contributed by atoms with Crippen molar-refractivity contribution < 1.29 is 0 Å². The van der Waals surface area contributed by atoms with Gasteiger partial charge in [-0.3, -0.25) is 0 Å². The fraction of sp³-hybridized carbons (Fsp3) is 0.286. The zero-order valence-electron chi connectivity index (χ0n) is 19.2. The molecule has 1 fully saturated rings. The number of likely N-dealkylation sites (N-methyl/N-ethyl adjacent to an activating group) is 1. The van der Waals surface area contributed by atoms with E-state index in [1.165, 1.54) is 28.9 Å². The first-order valence-electron chi connectivity index (χ1n) is 11.0. The zero-order valence-corrected chi connectivity index (χ0v) is 19.2. The summed E-state index contributed by atoms with van der Waals surface area (Å²) in [5, 5.41) is 5.94. The highest BCUT2D eigenvalue weighted by Crippen LogP contribution is 2.34. The summed E-state index contributed by atoms with van der Waals surface area (Å²) in [5.41, 5.74) is 7.01. The highest BCUT2D eigenvalue weighted by Gasteiger charge is 2.18. The molecule has 1 unspecified atom stereocenters. The van der Waals surface area contributed by atoms with Gasteiger partial charge in [0.1, 0.15) is 0 Å². The average molecular weight is 416 g/mol. The molecular formula is C28H37N3. The van der Waals surface area contributed by atoms with Crippen LogP contribution in [0.4, 0.5) is 5.69 Å². The van der Waals surface area contributed by atoms with Crippen molar-refractivity contribution in [3.8, 4) is 0 Å². The van der Waals surface area contributed by atoms with Crippen LogP contribution in [0, 0.1) is 5.92 Å². The van der Waals surface area contributed by atoms with Crippen LogP contribution >= 0.6 is 0 Å². The average Bonchev–Trinajstić information content (AvgIpc) is 3.25. The van der Waals surface area contributed by atoms with Crippen LogP contribution in [0.1, 0.15) is 30.9 Å². The van der Waals surface area contributed by atoms with Crippen LogP contribution < -0.4 is 15.5 Å². The number of anilines is 1. The fourth-order valence-corrected chi connectivity index (χ4v) is 3.56. The summed E-state index contributed by atoms with van der Waals surface area (Å²) in [4.78, 5) is 2.30. The first-order chi connectivity index (χ1) is 15.0. The van der Waals surface area contributed by atoms with Crippen molar-refractivity contribution in [3.05, 3.63) is 104 Å². The molecule has 3 heteroatoms. The van der Waals surface area contributed by atoms with Gasteiger partial charge in [-0.05, 0) is 60.5 Å². The number of nitrogens with zero attached hydrogens (tertiary/aromatic N) is 1. The maximum absolute atomic E-state index is 4.32. The van der Waals surface area contributed by atoms with E-state index in [2.05, 4.69) is 85.2 Å². The van der Waals surface area contributed by atoms with E-state index in [1.807, 2.05) is 25.2 Å². The third kappa shape index (κ3) is 7.01. The molecule has 1 aliphatic heterocycles. The second-order valence-corrected chi connectivity index (χ2v) is 7.77. The lowest BCUT2D eigenvalue weighted by Crippen LogP contribution is -2.20. The predicted molar refractivity (Wildman–Crippen MR) is 138 cm³/mol. The quantitative estimate of drug-likeness (QED) is 0.484. The smallest absolute Gasteiger partial charge is 0.0408 e. The number of nitrogens with one attached hydrogen (secondary N) is 2. The Morgan fingerprint density at radius 1 is 1.00 bits per heavy atom. The van der Waals surface area contributed by atoms with Crippen LogP contribution in [0.3, 0.4) is 0 Å². The van der Waals surface area contributed by atoms with Gasteiger partial charge in [-0.25, -0.2) is 0 Å². The molecule has 3 rings (SSSR count). The van der Waals surface area contributed by atoms with Gasteiger partial charge in [0.25, 0.3) is 0 Å². The lowest BCUT2D eigenvalue weighted by Gasteiger charge is -2.21. The molecular weight excluding hydrogens is 378 g/mol. The largest absolute Gasteiger partial charge is 0.390 e. The molecule has 2 aromatic rings. The Kier molecular flexibility index (Phi) is 9.86. The number of rotatable bonds is 9. The molecule has 0 saturated carbocycles. The third-order valence-corrected chi connectivity index (χ3v) is 5.63. The lowest BCUT2D eigenvalue weighted by atomic mass is 9.86. The van der Waals surface area contributed by atoms with E-state index in [0.717, 1.165) is 37.2 Å². The molecule has 0 spiro atoms. The topological polar surface area (TPSA) is 27.3 Å². The van der Waals surface area contributed by atoms with Gasteiger partial charge in [0, 0.05) is 36.9 Å². The van der Waals surface area contributed by atoms with Crippen molar-refractivity contribution in [1.82, 2.24) is 10.6 Å². The third-order valence-electron chi connectivity index (χ3n) is 5.63. The lowest BCUT2D eigenvalue weighted by molar-refractivity contribution is 0.741. The van der Waals surface area contributed by atoms with Crippen molar-refractivity contribution >= 4 is 16.8 Å². The van der Waals surface area contributed by atoms with Gasteiger partial charge >= 0.3 is 0 Å². The van der Waals surface area contributed by atoms with Crippen LogP contribution in [-0.2, 0) is 0 Å². The normalized spacial score (nSPS) is 13.7. The minimum absolute atomic E-state index is 0.208. The van der Waals surface area contributed by atoms with Gasteiger partial charge in [-0.1, -0.05) is 75.7 Å². The van der Waals surface area contributed by atoms with Crippen LogP contribution in [-0.4, -0.2) is 26.7 Å². The number of hydrogen-bond donors (Lipinski definition) is 2. The summed E-state index contributed by atoms with van der Waals surface area (Å²) in [6.07, 6.45) is 3.99. The Morgan fingerprint density at radius 3 is 2.13 bits per heavy atom. The van der Waals surface area contributed by atoms with E-state index in [1.54, 1.807) is 6.20 Å². The molecule has 0 amide bonds. The van der Waals surface area contributed by atoms with Gasteiger partial charge in [-0.15, -0.1) is 0 Å². The van der Waals surface area contributed by atoms with Crippen molar-refractivity contribution in [3.63, 3.8) is 0 Å². The molecule has 2 N–H and O–H groups in total. The molecule has 1 aliphatic rings. The van der Waals surface area contributed by atoms with Gasteiger partial charge in [0.2, 0.25) is 0 Å². The van der Waals surface area contributed by atoms with Crippen LogP contribution in [0.15, 0.2) is 92.8 Å². The first-order valence-corrected chi connectivity index (χ1v) is 11.0. The molecule has 0 aliphatic carbocycles. The Balaban J connectivity index is 0.000000423. The Labute approximate surface area is 188 Å². The molecule has 1 heterocycles. The molecule has 1 saturated heterocycles. The Bertz CT molecular complexity index is 865. The summed E-state index contributed by atoms with van der Waals surface area (Å²) in [6.45, 7) is 21.4. The van der Waals surface area contributed by atoms with Crippen molar-refractivity contribution in [2.24, 2.45) is 5.92 Å². The first kappa shape index (κ1) is 24.2. The second-order valence-electron chi connectivity index (χ2n) is 7.77. The molecule has 31 heavy (non-hydrogen) atoms. The fourth-order valence-electron chi connectivity index (χ4n) is 3.56. The van der Waals surface area contributed by atoms with E-state index in [4.69, 9.17) is 0 Å². The van der Waals surface area contributed by atoms with Gasteiger partial charge in [-0.2, -0.15) is 0 Å². The summed E-state index contributed by atoms with van der Waals surface area (Å²) in [7, 11) is 1.92. The highest BCUT2D eigenvalue weighted by atomic mass is 15.2. The van der Waals surface area contributed by atoms with E-state index >= 15 is 0 Å². The minimum atomic E-state index is 0.208. The summed E-state index contributed by atoms with van der Waals surface area (Å²) in [5.74, 6) is 0.208. The molecule has 3 nitrogen and oxygen atoms in total. The Morgan fingerprint density at radius 2 is 1.61 bits per heavy atom. The molecule has 2 aromatic carbocycles. The molecule has 164 valence electrons. The maximum atomic E-state index is 4.32. The predicted octanol–water partition coefficient (Wildman–Crippen LogP) is 6.10. The van der Waals surface area contributed by atoms with Crippen molar-refractivity contribution in [2.75, 3.05) is 31.6 Å². The SMILES string of the molecule is C=C(c1ccccc1)C(C)C(=C)c1ccc(N2CCCC2=C)cc1.C=CNCCNC. The zero-order chi connectivity index (χ0) is 22.6. The standard InChI is InChI=1S/C23H25N.C5H12N2/c1-17-9-8-16-24(17)23-14-12-22(13-15-23)20(4)18(2)19(3)21-10-6-5-7-11-21;1-3-7-5-4-6-2/h5-7,10-15,18H,1,3-4,8-9,16H2,2H3;3,6-7H,1,4-5H2,2H3. The van der Waals surface area contributed by atoms with Crippen LogP contribution in [0.25, 0.3) is 11.1 Å². The maximum Gasteiger partial charge on any atom is 0.0408 e. The van der Waals surface area contributed by atoms with Gasteiger partial charge in [0.15, 0.2) is 0 Å². The van der Waals surface area contributed by atoms with Crippen molar-refractivity contribution in [2.45, 2.75) is 19.8 Å². The molecule has 0 bridgehead atoms. The molecule has 0 radical (unpaired) electrons. The monoisotopic (exact) mass is 415 g/mol. The summed E-state index contributed by atoms with van der Waals surface area (Å²) in [6, 6.07) is 19.0. The highest BCUT2D eigenvalue weighted by molar-refractivity contribution is 5.80. The number of hydrogen-bond acceptors (Lipinski definition) is 3. The van der Waals surface area contributed by atoms with E-state index < -0.39 is 0 Å². The minimum Gasteiger partial charge on any atom is -0.390 e. The van der Waals surface area contributed by atoms with Crippen LogP contribution in [0.5, 0.6) is 0 Å². The van der Waals surface area contributed by atoms with Crippen molar-refractivity contribution in [1.29, 1.82) is 0 Å². The summed E-state index contributed by atoms with van der Waals surface area (Å²) >= 11 is 0. The van der Waals surface area contributed by atoms with E-state index in [9.17, 15) is 0 Å². The number of allylic oxidation sites excluding steroid dienone is 3. The van der Waals surface area contributed by atoms with Crippen LogP contribution in [0.2, 0.25) is 0 Å². The van der Waals surface area contributed by atoms with Gasteiger partial charge in [0.05, 0.1) is 0 Å². The molecule has 0 aromatic heterocycles. The summed E-state index contributed by atoms with van der Waals surface area (Å²) < 4.78 is 0. The van der Waals surface area contributed by atoms with E-state index in [-0.39, 0.29) is 5.92 Å². The second kappa shape index (κ2) is 12.6. The molecule has 1 atom stereocenters. The number of benzene rings is 2. The van der Waals surface area contributed by atoms with E-state index in [0.29, 0.717) is 0 Å². The van der Waals surface area contributed by atoms with Gasteiger partial charge < -0.3 is 15.5 Å². The Hall–Kier alpha value is -3.04.